The number of rotatable bonds is 7. The van der Waals surface area contributed by atoms with Crippen LogP contribution in [-0.4, -0.2) is 24.0 Å². The van der Waals surface area contributed by atoms with Crippen LogP contribution in [-0.2, 0) is 0 Å². The van der Waals surface area contributed by atoms with Gasteiger partial charge in [0.25, 0.3) is 0 Å². The molecule has 1 aromatic carbocycles. The average molecular weight is 246 g/mol. The van der Waals surface area contributed by atoms with Crippen molar-refractivity contribution >= 4 is 0 Å². The fourth-order valence-electron chi connectivity index (χ4n) is 2.36. The predicted octanol–water partition coefficient (Wildman–Crippen LogP) is 3.20. The molecule has 1 aromatic rings. The number of hydrogen-bond donors (Lipinski definition) is 1. The zero-order valence-electron chi connectivity index (χ0n) is 11.7. The molecule has 0 saturated heterocycles. The molecule has 1 unspecified atom stereocenters. The molecule has 0 heterocycles. The fraction of sp³-hybridized carbons (Fsp3) is 0.625. The van der Waals surface area contributed by atoms with Crippen molar-refractivity contribution in [1.82, 2.24) is 4.90 Å². The molecule has 0 spiro atoms. The van der Waals surface area contributed by atoms with Crippen LogP contribution in [0.1, 0.15) is 44.7 Å². The fourth-order valence-corrected chi connectivity index (χ4v) is 2.36. The molecular weight excluding hydrogens is 220 g/mol. The van der Waals surface area contributed by atoms with Crippen LogP contribution in [0.4, 0.5) is 0 Å². The first-order valence-corrected chi connectivity index (χ1v) is 7.21. The molecule has 1 aliphatic carbocycles. The van der Waals surface area contributed by atoms with Gasteiger partial charge in [-0.05, 0) is 44.6 Å². The van der Waals surface area contributed by atoms with Crippen molar-refractivity contribution < 1.29 is 0 Å². The van der Waals surface area contributed by atoms with Crippen LogP contribution in [0.15, 0.2) is 30.3 Å². The Morgan fingerprint density at radius 1 is 1.22 bits per heavy atom. The van der Waals surface area contributed by atoms with Crippen molar-refractivity contribution in [2.75, 3.05) is 13.1 Å². The van der Waals surface area contributed by atoms with E-state index in [1.54, 1.807) is 0 Å². The maximum atomic E-state index is 6.26. The van der Waals surface area contributed by atoms with Gasteiger partial charge in [0.15, 0.2) is 0 Å². The highest BCUT2D eigenvalue weighted by atomic mass is 15.1. The van der Waals surface area contributed by atoms with Crippen LogP contribution < -0.4 is 5.73 Å². The van der Waals surface area contributed by atoms with E-state index in [0.717, 1.165) is 18.9 Å². The maximum Gasteiger partial charge on any atom is 0.0307 e. The van der Waals surface area contributed by atoms with Crippen molar-refractivity contribution in [3.8, 4) is 0 Å². The first-order chi connectivity index (χ1) is 8.66. The van der Waals surface area contributed by atoms with Crippen molar-refractivity contribution in [3.63, 3.8) is 0 Å². The van der Waals surface area contributed by atoms with Crippen LogP contribution in [0.5, 0.6) is 0 Å². The van der Waals surface area contributed by atoms with Crippen molar-refractivity contribution in [3.05, 3.63) is 35.9 Å². The lowest BCUT2D eigenvalue weighted by Crippen LogP contribution is -2.35. The van der Waals surface area contributed by atoms with Crippen LogP contribution in [0.25, 0.3) is 0 Å². The van der Waals surface area contributed by atoms with Gasteiger partial charge in [0.2, 0.25) is 0 Å². The Morgan fingerprint density at radius 2 is 1.89 bits per heavy atom. The topological polar surface area (TPSA) is 29.3 Å². The highest BCUT2D eigenvalue weighted by Crippen LogP contribution is 2.30. The summed E-state index contributed by atoms with van der Waals surface area (Å²) in [6.45, 7) is 6.95. The Labute approximate surface area is 111 Å². The molecular formula is C16H26N2. The van der Waals surface area contributed by atoms with Crippen molar-refractivity contribution in [1.29, 1.82) is 0 Å². The molecule has 2 N–H and O–H groups in total. The minimum absolute atomic E-state index is 0.173. The number of hydrogen-bond acceptors (Lipinski definition) is 2. The maximum absolute atomic E-state index is 6.26. The normalized spacial score (nSPS) is 17.4. The Morgan fingerprint density at radius 3 is 2.44 bits per heavy atom. The molecule has 0 bridgehead atoms. The van der Waals surface area contributed by atoms with Crippen molar-refractivity contribution in [2.45, 2.75) is 45.2 Å². The lowest BCUT2D eigenvalue weighted by Gasteiger charge is -2.27. The minimum Gasteiger partial charge on any atom is -0.324 e. The molecule has 0 radical (unpaired) electrons. The summed E-state index contributed by atoms with van der Waals surface area (Å²) in [4.78, 5) is 2.58. The molecule has 1 aliphatic rings. The quantitative estimate of drug-likeness (QED) is 0.800. The number of benzene rings is 1. The molecule has 0 aliphatic heterocycles. The third-order valence-corrected chi connectivity index (χ3v) is 3.87. The van der Waals surface area contributed by atoms with Crippen LogP contribution in [0.3, 0.4) is 0 Å². The van der Waals surface area contributed by atoms with E-state index in [9.17, 15) is 0 Å². The first-order valence-electron chi connectivity index (χ1n) is 7.21. The average Bonchev–Trinajstić information content (AvgIpc) is 3.18. The molecule has 0 amide bonds. The van der Waals surface area contributed by atoms with E-state index >= 15 is 0 Å². The zero-order valence-corrected chi connectivity index (χ0v) is 11.7. The van der Waals surface area contributed by atoms with Gasteiger partial charge in [0, 0.05) is 25.2 Å². The van der Waals surface area contributed by atoms with Crippen LogP contribution in [0.2, 0.25) is 0 Å². The molecule has 1 atom stereocenters. The second kappa shape index (κ2) is 6.35. The lowest BCUT2D eigenvalue weighted by molar-refractivity contribution is 0.205. The van der Waals surface area contributed by atoms with E-state index in [0.29, 0.717) is 6.04 Å². The van der Waals surface area contributed by atoms with Crippen molar-refractivity contribution in [2.24, 2.45) is 11.7 Å². The van der Waals surface area contributed by atoms with E-state index in [-0.39, 0.29) is 6.04 Å². The second-order valence-corrected chi connectivity index (χ2v) is 5.84. The Kier molecular flexibility index (Phi) is 4.79. The Hall–Kier alpha value is -0.860. The third kappa shape index (κ3) is 4.11. The molecule has 2 rings (SSSR count). The summed E-state index contributed by atoms with van der Waals surface area (Å²) in [6, 6.07) is 11.2. The predicted molar refractivity (Wildman–Crippen MR) is 77.4 cm³/mol. The summed E-state index contributed by atoms with van der Waals surface area (Å²) in [6.07, 6.45) is 3.90. The van der Waals surface area contributed by atoms with Gasteiger partial charge >= 0.3 is 0 Å². The highest BCUT2D eigenvalue weighted by Gasteiger charge is 2.25. The van der Waals surface area contributed by atoms with Gasteiger partial charge in [-0.15, -0.1) is 0 Å². The van der Waals surface area contributed by atoms with Gasteiger partial charge in [-0.1, -0.05) is 30.3 Å². The minimum atomic E-state index is 0.173. The van der Waals surface area contributed by atoms with E-state index in [1.165, 1.54) is 24.9 Å². The summed E-state index contributed by atoms with van der Waals surface area (Å²) in [5.74, 6) is 0.959. The molecule has 100 valence electrons. The van der Waals surface area contributed by atoms with Gasteiger partial charge in [0.05, 0.1) is 0 Å². The summed E-state index contributed by atoms with van der Waals surface area (Å²) in [5, 5.41) is 0. The smallest absolute Gasteiger partial charge is 0.0307 e. The van der Waals surface area contributed by atoms with Crippen LogP contribution >= 0.6 is 0 Å². The second-order valence-electron chi connectivity index (χ2n) is 5.84. The largest absolute Gasteiger partial charge is 0.324 e. The summed E-state index contributed by atoms with van der Waals surface area (Å²) in [7, 11) is 0. The molecule has 2 nitrogen and oxygen atoms in total. The standard InChI is InChI=1S/C16H26N2/c1-13(2)18(12-14-8-9-14)11-10-16(17)15-6-4-3-5-7-15/h3-7,13-14,16H,8-12,17H2,1-2H3. The van der Waals surface area contributed by atoms with E-state index in [2.05, 4.69) is 43.0 Å². The molecule has 2 heteroatoms. The highest BCUT2D eigenvalue weighted by molar-refractivity contribution is 5.18. The number of nitrogens with two attached hydrogens (primary N) is 1. The zero-order chi connectivity index (χ0) is 13.0. The summed E-state index contributed by atoms with van der Waals surface area (Å²) >= 11 is 0. The Balaban J connectivity index is 1.81. The van der Waals surface area contributed by atoms with E-state index < -0.39 is 0 Å². The monoisotopic (exact) mass is 246 g/mol. The first kappa shape index (κ1) is 13.6. The summed E-state index contributed by atoms with van der Waals surface area (Å²) in [5.41, 5.74) is 7.52. The van der Waals surface area contributed by atoms with Gasteiger partial charge in [0.1, 0.15) is 0 Å². The SMILES string of the molecule is CC(C)N(CCC(N)c1ccccc1)CC1CC1. The molecule has 1 saturated carbocycles. The van der Waals surface area contributed by atoms with Gasteiger partial charge in [-0.25, -0.2) is 0 Å². The molecule has 1 fully saturated rings. The van der Waals surface area contributed by atoms with Gasteiger partial charge in [-0.3, -0.25) is 0 Å². The number of nitrogens with zero attached hydrogens (tertiary/aromatic N) is 1. The van der Waals surface area contributed by atoms with E-state index in [4.69, 9.17) is 5.73 Å². The van der Waals surface area contributed by atoms with E-state index in [1.807, 2.05) is 6.07 Å². The lowest BCUT2D eigenvalue weighted by atomic mass is 10.0. The molecule has 0 aromatic heterocycles. The third-order valence-electron chi connectivity index (χ3n) is 3.87. The summed E-state index contributed by atoms with van der Waals surface area (Å²) < 4.78 is 0. The molecule has 18 heavy (non-hydrogen) atoms. The van der Waals surface area contributed by atoms with Gasteiger partial charge < -0.3 is 10.6 Å². The van der Waals surface area contributed by atoms with Crippen LogP contribution in [0, 0.1) is 5.92 Å². The van der Waals surface area contributed by atoms with Gasteiger partial charge in [-0.2, -0.15) is 0 Å². The Bertz CT molecular complexity index is 343.